The van der Waals surface area contributed by atoms with Gasteiger partial charge in [0.15, 0.2) is 0 Å². The van der Waals surface area contributed by atoms with Crippen LogP contribution in [-0.4, -0.2) is 30.8 Å². The van der Waals surface area contributed by atoms with Gasteiger partial charge in [-0.2, -0.15) is 0 Å². The number of hydrazine groups is 1. The molecule has 0 unspecified atom stereocenters. The standard InChI is InChI=1S/C16H20N4O4S/c1-16(2,3)20-25(23,24)12-7-4-6-11(10-12)14(21)18-19-15(22)13-8-5-9-17-13/h4-10,17,20H,1-3H3,(H,18,21)(H,19,22). The van der Waals surface area contributed by atoms with E-state index in [1.165, 1.54) is 24.3 Å². The minimum Gasteiger partial charge on any atom is -0.357 e. The van der Waals surface area contributed by atoms with Gasteiger partial charge in [-0.3, -0.25) is 20.4 Å². The first-order valence-corrected chi connectivity index (χ1v) is 8.95. The van der Waals surface area contributed by atoms with Crippen LogP contribution in [-0.2, 0) is 10.0 Å². The predicted molar refractivity (Wildman–Crippen MR) is 92.2 cm³/mol. The van der Waals surface area contributed by atoms with Crippen molar-refractivity contribution in [2.24, 2.45) is 0 Å². The van der Waals surface area contributed by atoms with E-state index in [0.717, 1.165) is 0 Å². The van der Waals surface area contributed by atoms with Gasteiger partial charge in [0.2, 0.25) is 10.0 Å². The van der Waals surface area contributed by atoms with E-state index in [9.17, 15) is 18.0 Å². The predicted octanol–water partition coefficient (Wildman–Crippen LogP) is 1.17. The molecule has 0 bridgehead atoms. The van der Waals surface area contributed by atoms with Crippen LogP contribution in [0.25, 0.3) is 0 Å². The molecule has 25 heavy (non-hydrogen) atoms. The van der Waals surface area contributed by atoms with Crippen molar-refractivity contribution in [2.75, 3.05) is 0 Å². The lowest BCUT2D eigenvalue weighted by Crippen LogP contribution is -2.42. The number of rotatable bonds is 4. The highest BCUT2D eigenvalue weighted by Gasteiger charge is 2.22. The number of carbonyl (C=O) groups is 2. The molecule has 2 rings (SSSR count). The highest BCUT2D eigenvalue weighted by Crippen LogP contribution is 2.14. The topological polar surface area (TPSA) is 120 Å². The number of aromatic nitrogens is 1. The lowest BCUT2D eigenvalue weighted by molar-refractivity contribution is 0.0844. The number of sulfonamides is 1. The van der Waals surface area contributed by atoms with Crippen LogP contribution in [0.5, 0.6) is 0 Å². The summed E-state index contributed by atoms with van der Waals surface area (Å²) in [6.45, 7) is 5.16. The Morgan fingerprint density at radius 3 is 2.28 bits per heavy atom. The maximum absolute atomic E-state index is 12.3. The van der Waals surface area contributed by atoms with Gasteiger partial charge in [0.25, 0.3) is 11.8 Å². The lowest BCUT2D eigenvalue weighted by Gasteiger charge is -2.20. The normalized spacial score (nSPS) is 11.8. The molecule has 0 atom stereocenters. The SMILES string of the molecule is CC(C)(C)NS(=O)(=O)c1cccc(C(=O)NNC(=O)c2ccc[nH]2)c1. The van der Waals surface area contributed by atoms with Crippen molar-refractivity contribution in [1.82, 2.24) is 20.6 Å². The van der Waals surface area contributed by atoms with Crippen molar-refractivity contribution in [3.05, 3.63) is 53.9 Å². The summed E-state index contributed by atoms with van der Waals surface area (Å²) >= 11 is 0. The molecular formula is C16H20N4O4S. The van der Waals surface area contributed by atoms with Crippen molar-refractivity contribution in [1.29, 1.82) is 0 Å². The summed E-state index contributed by atoms with van der Waals surface area (Å²) in [5, 5.41) is 0. The van der Waals surface area contributed by atoms with Gasteiger partial charge in [-0.15, -0.1) is 0 Å². The molecule has 0 spiro atoms. The smallest absolute Gasteiger partial charge is 0.286 e. The van der Waals surface area contributed by atoms with E-state index in [1.54, 1.807) is 39.1 Å². The molecule has 2 amide bonds. The molecule has 0 aliphatic heterocycles. The molecule has 0 aliphatic carbocycles. The van der Waals surface area contributed by atoms with E-state index in [4.69, 9.17) is 0 Å². The maximum Gasteiger partial charge on any atom is 0.286 e. The van der Waals surface area contributed by atoms with Gasteiger partial charge in [-0.05, 0) is 51.1 Å². The van der Waals surface area contributed by atoms with Gasteiger partial charge < -0.3 is 4.98 Å². The fourth-order valence-electron chi connectivity index (χ4n) is 1.99. The average molecular weight is 364 g/mol. The quantitative estimate of drug-likeness (QED) is 0.609. The molecule has 4 N–H and O–H groups in total. The van der Waals surface area contributed by atoms with E-state index in [2.05, 4.69) is 20.6 Å². The third kappa shape index (κ3) is 5.16. The van der Waals surface area contributed by atoms with E-state index < -0.39 is 27.4 Å². The number of aromatic amines is 1. The zero-order chi connectivity index (χ0) is 18.7. The van der Waals surface area contributed by atoms with Gasteiger partial charge in [-0.25, -0.2) is 13.1 Å². The third-order valence-corrected chi connectivity index (χ3v) is 4.73. The van der Waals surface area contributed by atoms with Crippen LogP contribution in [0.15, 0.2) is 47.5 Å². The molecule has 8 nitrogen and oxygen atoms in total. The van der Waals surface area contributed by atoms with E-state index in [-0.39, 0.29) is 16.2 Å². The molecule has 1 heterocycles. The Kier molecular flexibility index (Phi) is 5.29. The van der Waals surface area contributed by atoms with Gasteiger partial charge in [0, 0.05) is 17.3 Å². The van der Waals surface area contributed by atoms with Crippen LogP contribution in [0.2, 0.25) is 0 Å². The Bertz CT molecular complexity index is 868. The summed E-state index contributed by atoms with van der Waals surface area (Å²) in [5.41, 5.74) is 4.22. The number of hydrogen-bond donors (Lipinski definition) is 4. The summed E-state index contributed by atoms with van der Waals surface area (Å²) in [7, 11) is -3.76. The largest absolute Gasteiger partial charge is 0.357 e. The first-order valence-electron chi connectivity index (χ1n) is 7.47. The molecule has 134 valence electrons. The van der Waals surface area contributed by atoms with E-state index in [1.807, 2.05) is 0 Å². The zero-order valence-corrected chi connectivity index (χ0v) is 14.9. The summed E-state index contributed by atoms with van der Waals surface area (Å²) in [5.74, 6) is -1.15. The van der Waals surface area contributed by atoms with E-state index >= 15 is 0 Å². The second kappa shape index (κ2) is 7.08. The molecule has 0 saturated carbocycles. The minimum absolute atomic E-state index is 0.0363. The molecular weight excluding hydrogens is 344 g/mol. The molecule has 2 aromatic rings. The van der Waals surface area contributed by atoms with Crippen LogP contribution in [0.1, 0.15) is 41.6 Å². The van der Waals surface area contributed by atoms with Gasteiger partial charge in [0.1, 0.15) is 5.69 Å². The number of nitrogens with one attached hydrogen (secondary N) is 4. The van der Waals surface area contributed by atoms with Crippen molar-refractivity contribution in [3.8, 4) is 0 Å². The van der Waals surface area contributed by atoms with Crippen molar-refractivity contribution < 1.29 is 18.0 Å². The minimum atomic E-state index is -3.76. The molecule has 0 radical (unpaired) electrons. The van der Waals surface area contributed by atoms with Crippen LogP contribution >= 0.6 is 0 Å². The van der Waals surface area contributed by atoms with Crippen LogP contribution in [0.4, 0.5) is 0 Å². The summed E-state index contributed by atoms with van der Waals surface area (Å²) in [6, 6.07) is 8.73. The van der Waals surface area contributed by atoms with Gasteiger partial charge >= 0.3 is 0 Å². The Hall–Kier alpha value is -2.65. The van der Waals surface area contributed by atoms with E-state index in [0.29, 0.717) is 0 Å². The molecule has 1 aromatic heterocycles. The summed E-state index contributed by atoms with van der Waals surface area (Å²) in [4.78, 5) is 26.6. The molecule has 0 aliphatic rings. The molecule has 0 fully saturated rings. The lowest BCUT2D eigenvalue weighted by atomic mass is 10.1. The average Bonchev–Trinajstić information content (AvgIpc) is 3.04. The van der Waals surface area contributed by atoms with Crippen LogP contribution < -0.4 is 15.6 Å². The van der Waals surface area contributed by atoms with Crippen LogP contribution in [0, 0.1) is 0 Å². The van der Waals surface area contributed by atoms with Crippen molar-refractivity contribution in [2.45, 2.75) is 31.2 Å². The second-order valence-electron chi connectivity index (χ2n) is 6.38. The Labute approximate surface area is 146 Å². The summed E-state index contributed by atoms with van der Waals surface area (Å²) in [6.07, 6.45) is 1.58. The van der Waals surface area contributed by atoms with Gasteiger partial charge in [-0.1, -0.05) is 6.07 Å². The Balaban J connectivity index is 2.10. The molecule has 0 saturated heterocycles. The maximum atomic E-state index is 12.3. The number of amides is 2. The summed E-state index contributed by atoms with van der Waals surface area (Å²) < 4.78 is 27.2. The molecule has 9 heteroatoms. The third-order valence-electron chi connectivity index (χ3n) is 2.98. The second-order valence-corrected chi connectivity index (χ2v) is 8.06. The number of benzene rings is 1. The molecule has 1 aromatic carbocycles. The first-order chi connectivity index (χ1) is 11.6. The Morgan fingerprint density at radius 1 is 1.00 bits per heavy atom. The monoisotopic (exact) mass is 364 g/mol. The zero-order valence-electron chi connectivity index (χ0n) is 14.1. The van der Waals surface area contributed by atoms with Crippen molar-refractivity contribution in [3.63, 3.8) is 0 Å². The number of carbonyl (C=O) groups excluding carboxylic acids is 2. The fourth-order valence-corrected chi connectivity index (χ4v) is 3.45. The highest BCUT2D eigenvalue weighted by atomic mass is 32.2. The number of hydrogen-bond acceptors (Lipinski definition) is 4. The van der Waals surface area contributed by atoms with Crippen LogP contribution in [0.3, 0.4) is 0 Å². The van der Waals surface area contributed by atoms with Gasteiger partial charge in [0.05, 0.1) is 4.90 Å². The Morgan fingerprint density at radius 2 is 1.68 bits per heavy atom. The van der Waals surface area contributed by atoms with Crippen molar-refractivity contribution >= 4 is 21.8 Å². The highest BCUT2D eigenvalue weighted by molar-refractivity contribution is 7.89. The fraction of sp³-hybridized carbons (Fsp3) is 0.250. The number of H-pyrrole nitrogens is 1. The first kappa shape index (κ1) is 18.7.